The van der Waals surface area contributed by atoms with Gasteiger partial charge in [0.05, 0.1) is 6.20 Å². The monoisotopic (exact) mass is 431 g/mol. The lowest BCUT2D eigenvalue weighted by Gasteiger charge is -2.22. The van der Waals surface area contributed by atoms with Gasteiger partial charge >= 0.3 is 6.03 Å². The zero-order valence-corrected chi connectivity index (χ0v) is 20.1. The van der Waals surface area contributed by atoms with Gasteiger partial charge in [0.25, 0.3) is 0 Å². The number of anilines is 1. The Morgan fingerprint density at radius 1 is 1.27 bits per heavy atom. The molecule has 0 spiro atoms. The molecule has 2 aromatic rings. The second-order valence-corrected chi connectivity index (χ2v) is 15.5. The highest BCUT2D eigenvalue weighted by Crippen LogP contribution is 2.26. The second kappa shape index (κ2) is 9.92. The minimum absolute atomic E-state index is 0.198. The van der Waals surface area contributed by atoms with Crippen LogP contribution >= 0.6 is 0 Å². The summed E-state index contributed by atoms with van der Waals surface area (Å²) in [4.78, 5) is 21.7. The van der Waals surface area contributed by atoms with Crippen LogP contribution in [0.1, 0.15) is 57.4 Å². The number of nitrogens with one attached hydrogen (secondary N) is 2. The summed E-state index contributed by atoms with van der Waals surface area (Å²) in [6.45, 7) is 12.6. The predicted molar refractivity (Wildman–Crippen MR) is 125 cm³/mol. The van der Waals surface area contributed by atoms with Crippen molar-refractivity contribution < 1.29 is 9.53 Å². The molecule has 1 aliphatic carbocycles. The van der Waals surface area contributed by atoms with Crippen LogP contribution in [0.2, 0.25) is 25.7 Å². The molecule has 7 nitrogen and oxygen atoms in total. The van der Waals surface area contributed by atoms with E-state index in [1.54, 1.807) is 6.20 Å². The Labute approximate surface area is 181 Å². The quantitative estimate of drug-likeness (QED) is 0.438. The summed E-state index contributed by atoms with van der Waals surface area (Å²) >= 11 is 0. The van der Waals surface area contributed by atoms with Crippen molar-refractivity contribution >= 4 is 31.1 Å². The number of carbonyl (C=O) groups excluding carboxylic acids is 1. The van der Waals surface area contributed by atoms with Crippen LogP contribution in [0, 0.1) is 0 Å². The summed E-state index contributed by atoms with van der Waals surface area (Å²) < 4.78 is 7.95. The van der Waals surface area contributed by atoms with Crippen LogP contribution < -0.4 is 10.6 Å². The summed E-state index contributed by atoms with van der Waals surface area (Å²) in [5.41, 5.74) is 2.74. The van der Waals surface area contributed by atoms with Gasteiger partial charge in [-0.05, 0) is 24.8 Å². The number of nitrogens with zero attached hydrogens (tertiary/aromatic N) is 3. The molecule has 2 heterocycles. The molecule has 0 aliphatic heterocycles. The molecule has 1 saturated carbocycles. The van der Waals surface area contributed by atoms with Gasteiger partial charge in [0.1, 0.15) is 12.2 Å². The van der Waals surface area contributed by atoms with E-state index < -0.39 is 8.07 Å². The third-order valence-electron chi connectivity index (χ3n) is 5.62. The highest BCUT2D eigenvalue weighted by atomic mass is 28.3. The number of rotatable bonds is 8. The minimum atomic E-state index is -1.11. The number of amides is 2. The van der Waals surface area contributed by atoms with Crippen LogP contribution in [0.25, 0.3) is 11.2 Å². The normalized spacial score (nSPS) is 15.7. The Morgan fingerprint density at radius 3 is 2.67 bits per heavy atom. The van der Waals surface area contributed by atoms with E-state index >= 15 is 0 Å². The van der Waals surface area contributed by atoms with Gasteiger partial charge < -0.3 is 14.6 Å². The number of fused-ring (bicyclic) bond motifs is 1. The topological polar surface area (TPSA) is 81.1 Å². The van der Waals surface area contributed by atoms with Gasteiger partial charge in [-0.25, -0.2) is 14.8 Å². The summed E-state index contributed by atoms with van der Waals surface area (Å²) in [6, 6.07) is 1.20. The molecule has 2 aromatic heterocycles. The third kappa shape index (κ3) is 6.28. The van der Waals surface area contributed by atoms with Crippen molar-refractivity contribution in [1.29, 1.82) is 0 Å². The van der Waals surface area contributed by atoms with E-state index in [0.717, 1.165) is 42.2 Å². The van der Waals surface area contributed by atoms with E-state index in [2.05, 4.69) is 55.3 Å². The van der Waals surface area contributed by atoms with Gasteiger partial charge in [0.2, 0.25) is 0 Å². The molecule has 3 rings (SSSR count). The first-order chi connectivity index (χ1) is 14.2. The van der Waals surface area contributed by atoms with Crippen LogP contribution in [0.3, 0.4) is 0 Å². The minimum Gasteiger partial charge on any atom is -0.361 e. The highest BCUT2D eigenvalue weighted by molar-refractivity contribution is 6.76. The molecule has 0 aromatic carbocycles. The molecule has 0 radical (unpaired) electrons. The molecular formula is C22H37N5O2Si. The van der Waals surface area contributed by atoms with Crippen LogP contribution in [0.15, 0.2) is 12.4 Å². The van der Waals surface area contributed by atoms with Crippen molar-refractivity contribution in [3.8, 4) is 0 Å². The molecule has 0 saturated heterocycles. The van der Waals surface area contributed by atoms with Crippen molar-refractivity contribution in [3.63, 3.8) is 0 Å². The number of aromatic nitrogens is 3. The lowest BCUT2D eigenvalue weighted by molar-refractivity contribution is 0.0897. The average molecular weight is 432 g/mol. The van der Waals surface area contributed by atoms with Crippen molar-refractivity contribution in [1.82, 2.24) is 19.9 Å². The first-order valence-electron chi connectivity index (χ1n) is 11.2. The Kier molecular flexibility index (Phi) is 7.52. The van der Waals surface area contributed by atoms with Gasteiger partial charge in [-0.3, -0.25) is 5.32 Å². The maximum atomic E-state index is 12.4. The molecular weight excluding hydrogens is 394 g/mol. The summed E-state index contributed by atoms with van der Waals surface area (Å²) in [6.07, 6.45) is 9.44. The zero-order chi connectivity index (χ0) is 21.7. The van der Waals surface area contributed by atoms with Gasteiger partial charge in [-0.15, -0.1) is 0 Å². The van der Waals surface area contributed by atoms with Crippen molar-refractivity contribution in [2.75, 3.05) is 11.9 Å². The Morgan fingerprint density at radius 2 is 2.00 bits per heavy atom. The Balaban J connectivity index is 1.69. The molecule has 0 atom stereocenters. The first kappa shape index (κ1) is 22.7. The van der Waals surface area contributed by atoms with E-state index in [1.807, 2.05) is 4.57 Å². The second-order valence-electron chi connectivity index (χ2n) is 9.92. The highest BCUT2D eigenvalue weighted by Gasteiger charge is 2.18. The fourth-order valence-electron chi connectivity index (χ4n) is 3.78. The summed E-state index contributed by atoms with van der Waals surface area (Å²) in [7, 11) is -1.11. The lowest BCUT2D eigenvalue weighted by atomic mass is 9.96. The van der Waals surface area contributed by atoms with Gasteiger partial charge in [0.15, 0.2) is 11.5 Å². The predicted octanol–water partition coefficient (Wildman–Crippen LogP) is 5.32. The number of carbonyl (C=O) groups is 1. The third-order valence-corrected chi connectivity index (χ3v) is 7.33. The van der Waals surface area contributed by atoms with E-state index in [9.17, 15) is 4.79 Å². The van der Waals surface area contributed by atoms with Crippen LogP contribution in [-0.2, 0) is 11.5 Å². The molecule has 1 aliphatic rings. The summed E-state index contributed by atoms with van der Waals surface area (Å²) in [5.74, 6) is 0.784. The van der Waals surface area contributed by atoms with Gasteiger partial charge in [-0.1, -0.05) is 52.8 Å². The average Bonchev–Trinajstić information content (AvgIpc) is 3.03. The smallest absolute Gasteiger partial charge is 0.320 e. The first-order valence-corrected chi connectivity index (χ1v) is 14.9. The molecule has 1 fully saturated rings. The molecule has 166 valence electrons. The summed E-state index contributed by atoms with van der Waals surface area (Å²) in [5, 5.41) is 5.93. The van der Waals surface area contributed by atoms with Gasteiger partial charge in [-0.2, -0.15) is 0 Å². The van der Waals surface area contributed by atoms with E-state index in [1.165, 1.54) is 19.3 Å². The number of urea groups is 1. The molecule has 2 N–H and O–H groups in total. The molecule has 30 heavy (non-hydrogen) atoms. The van der Waals surface area contributed by atoms with E-state index in [-0.39, 0.29) is 12.1 Å². The van der Waals surface area contributed by atoms with Crippen molar-refractivity contribution in [3.05, 3.63) is 18.0 Å². The molecule has 2 amide bonds. The number of hydrogen-bond donors (Lipinski definition) is 2. The van der Waals surface area contributed by atoms with Crippen molar-refractivity contribution in [2.45, 2.75) is 90.3 Å². The SMILES string of the molecule is CC(C)c1cn(COCC[Si](C)(C)C)c2ncc(NC(=O)NC3CCCCC3)nc12. The molecule has 0 bridgehead atoms. The fourth-order valence-corrected chi connectivity index (χ4v) is 4.54. The Hall–Kier alpha value is -1.93. The Bertz CT molecular complexity index is 853. The standard InChI is InChI=1S/C22H37N5O2Si/c1-16(2)18-14-27(15-29-11-12-30(3,4)5)21-20(18)25-19(13-23-21)26-22(28)24-17-9-7-6-8-10-17/h13-14,16-17H,6-12,15H2,1-5H3,(H2,24,25,26,28). The zero-order valence-electron chi connectivity index (χ0n) is 19.1. The number of ether oxygens (including phenoxy) is 1. The lowest BCUT2D eigenvalue weighted by Crippen LogP contribution is -2.39. The molecule has 8 heteroatoms. The maximum Gasteiger partial charge on any atom is 0.320 e. The van der Waals surface area contributed by atoms with E-state index in [4.69, 9.17) is 9.72 Å². The maximum absolute atomic E-state index is 12.4. The molecule has 0 unspecified atom stereocenters. The van der Waals surface area contributed by atoms with Crippen LogP contribution in [0.4, 0.5) is 10.6 Å². The largest absolute Gasteiger partial charge is 0.361 e. The van der Waals surface area contributed by atoms with Crippen LogP contribution in [-0.4, -0.2) is 41.3 Å². The van der Waals surface area contributed by atoms with Crippen molar-refractivity contribution in [2.24, 2.45) is 0 Å². The number of hydrogen-bond acceptors (Lipinski definition) is 4. The van der Waals surface area contributed by atoms with E-state index in [0.29, 0.717) is 18.5 Å². The van der Waals surface area contributed by atoms with Crippen LogP contribution in [0.5, 0.6) is 0 Å². The fraction of sp³-hybridized carbons (Fsp3) is 0.682. The van der Waals surface area contributed by atoms with Gasteiger partial charge in [0, 0.05) is 32.5 Å².